The molecule has 0 fully saturated rings. The first-order valence-corrected chi connectivity index (χ1v) is 17.8. The second kappa shape index (κ2) is 12.5. The molecule has 0 aliphatic heterocycles. The van der Waals surface area contributed by atoms with Gasteiger partial charge in [-0.15, -0.1) is 0 Å². The molecule has 10 aromatic rings. The van der Waals surface area contributed by atoms with Crippen molar-refractivity contribution in [3.63, 3.8) is 0 Å². The predicted octanol–water partition coefficient (Wildman–Crippen LogP) is 14.4. The average Bonchev–Trinajstić information content (AvgIpc) is 3.62. The minimum Gasteiger partial charge on any atom is -0.455 e. The zero-order chi connectivity index (χ0) is 34.4. The van der Waals surface area contributed by atoms with Crippen LogP contribution in [0.15, 0.2) is 205 Å². The summed E-state index contributed by atoms with van der Waals surface area (Å²) >= 11 is 0. The molecule has 10 rings (SSSR count). The van der Waals surface area contributed by atoms with Crippen LogP contribution >= 0.6 is 0 Å². The van der Waals surface area contributed by atoms with Gasteiger partial charge in [0.05, 0.1) is 16.8 Å². The smallest absolute Gasteiger partial charge is 0.145 e. The third kappa shape index (κ3) is 5.04. The SMILES string of the molecule is c1ccc(-c2ccc(-c3ccc(N(c4ccc(-c5ccccc5)cc4)c4cccc5c4ccc4ccccc45)c4c3oc3ccccc34)cc2)cc1. The summed E-state index contributed by atoms with van der Waals surface area (Å²) < 4.78 is 6.81. The summed E-state index contributed by atoms with van der Waals surface area (Å²) in [5, 5.41) is 7.07. The molecular weight excluding hydrogens is 631 g/mol. The molecule has 0 spiro atoms. The third-order valence-electron chi connectivity index (χ3n) is 10.3. The second-order valence-corrected chi connectivity index (χ2v) is 13.3. The first kappa shape index (κ1) is 30.0. The third-order valence-corrected chi connectivity index (χ3v) is 10.3. The van der Waals surface area contributed by atoms with Gasteiger partial charge in [0.1, 0.15) is 11.2 Å². The highest BCUT2D eigenvalue weighted by atomic mass is 16.3. The first-order chi connectivity index (χ1) is 25.8. The van der Waals surface area contributed by atoms with Crippen LogP contribution in [0.25, 0.3) is 76.9 Å². The van der Waals surface area contributed by atoms with Crippen molar-refractivity contribution in [1.82, 2.24) is 0 Å². The standard InChI is InChI=1S/C50H33NO/c1-3-12-34(13-4-1)36-22-24-39(25-23-36)42-32-33-47(49-45-18-9-10-21-48(45)52-50(42)49)51(40-29-26-37(27-30-40)35-14-5-2-6-15-35)46-20-11-19-43-41-17-8-7-16-38(41)28-31-44(43)46/h1-33H. The summed E-state index contributed by atoms with van der Waals surface area (Å²) in [6.45, 7) is 0. The van der Waals surface area contributed by atoms with Crippen LogP contribution in [0, 0.1) is 0 Å². The highest BCUT2D eigenvalue weighted by Crippen LogP contribution is 2.48. The van der Waals surface area contributed by atoms with Gasteiger partial charge >= 0.3 is 0 Å². The number of anilines is 3. The Labute approximate surface area is 302 Å². The number of para-hydroxylation sites is 1. The Morgan fingerprint density at radius 3 is 1.63 bits per heavy atom. The van der Waals surface area contributed by atoms with E-state index in [2.05, 4.69) is 205 Å². The van der Waals surface area contributed by atoms with Crippen LogP contribution in [0.5, 0.6) is 0 Å². The molecule has 0 N–H and O–H groups in total. The molecule has 2 nitrogen and oxygen atoms in total. The fourth-order valence-corrected chi connectivity index (χ4v) is 7.76. The molecule has 1 heterocycles. The Balaban J connectivity index is 1.22. The van der Waals surface area contributed by atoms with Gasteiger partial charge in [-0.25, -0.2) is 0 Å². The normalized spacial score (nSPS) is 11.5. The minimum atomic E-state index is 0.871. The van der Waals surface area contributed by atoms with Crippen LogP contribution < -0.4 is 4.90 Å². The number of rotatable bonds is 6. The van der Waals surface area contributed by atoms with Gasteiger partial charge in [-0.2, -0.15) is 0 Å². The van der Waals surface area contributed by atoms with Gasteiger partial charge in [-0.05, 0) is 80.4 Å². The Morgan fingerprint density at radius 2 is 0.904 bits per heavy atom. The maximum atomic E-state index is 6.81. The Hall–Kier alpha value is -6.90. The number of fused-ring (bicyclic) bond motifs is 6. The monoisotopic (exact) mass is 663 g/mol. The van der Waals surface area contributed by atoms with Gasteiger partial charge in [0.25, 0.3) is 0 Å². The topological polar surface area (TPSA) is 16.4 Å². The summed E-state index contributed by atoms with van der Waals surface area (Å²) in [4.78, 5) is 2.42. The van der Waals surface area contributed by atoms with Crippen molar-refractivity contribution in [2.24, 2.45) is 0 Å². The quantitative estimate of drug-likeness (QED) is 0.165. The van der Waals surface area contributed by atoms with E-state index < -0.39 is 0 Å². The fraction of sp³-hybridized carbons (Fsp3) is 0. The molecule has 0 unspecified atom stereocenters. The molecule has 0 amide bonds. The first-order valence-electron chi connectivity index (χ1n) is 17.8. The van der Waals surface area contributed by atoms with E-state index in [0.717, 1.165) is 50.1 Å². The van der Waals surface area contributed by atoms with Crippen LogP contribution in [0.1, 0.15) is 0 Å². The lowest BCUT2D eigenvalue weighted by Crippen LogP contribution is -2.11. The number of hydrogen-bond donors (Lipinski definition) is 0. The van der Waals surface area contributed by atoms with Crippen molar-refractivity contribution in [3.8, 4) is 33.4 Å². The molecule has 0 saturated heterocycles. The minimum absolute atomic E-state index is 0.871. The maximum absolute atomic E-state index is 6.81. The molecule has 0 bridgehead atoms. The second-order valence-electron chi connectivity index (χ2n) is 13.3. The predicted molar refractivity (Wildman–Crippen MR) is 220 cm³/mol. The van der Waals surface area contributed by atoms with Gasteiger partial charge in [0.2, 0.25) is 0 Å². The molecule has 0 atom stereocenters. The molecule has 52 heavy (non-hydrogen) atoms. The van der Waals surface area contributed by atoms with E-state index in [1.54, 1.807) is 0 Å². The van der Waals surface area contributed by atoms with Gasteiger partial charge in [-0.1, -0.05) is 164 Å². The number of benzene rings is 9. The lowest BCUT2D eigenvalue weighted by atomic mass is 9.96. The Morgan fingerprint density at radius 1 is 0.327 bits per heavy atom. The van der Waals surface area contributed by atoms with Crippen molar-refractivity contribution >= 4 is 60.5 Å². The van der Waals surface area contributed by atoms with E-state index in [-0.39, 0.29) is 0 Å². The van der Waals surface area contributed by atoms with Crippen molar-refractivity contribution in [3.05, 3.63) is 200 Å². The van der Waals surface area contributed by atoms with E-state index >= 15 is 0 Å². The van der Waals surface area contributed by atoms with Crippen molar-refractivity contribution in [1.29, 1.82) is 0 Å². The molecule has 0 aliphatic carbocycles. The number of furan rings is 1. The zero-order valence-corrected chi connectivity index (χ0v) is 28.4. The highest BCUT2D eigenvalue weighted by molar-refractivity contribution is 6.19. The molecule has 0 saturated carbocycles. The van der Waals surface area contributed by atoms with Crippen molar-refractivity contribution in [2.45, 2.75) is 0 Å². The Kier molecular flexibility index (Phi) is 7.18. The fourth-order valence-electron chi connectivity index (χ4n) is 7.76. The Bertz CT molecular complexity index is 2870. The van der Waals surface area contributed by atoms with Gasteiger partial charge < -0.3 is 9.32 Å². The van der Waals surface area contributed by atoms with E-state index in [9.17, 15) is 0 Å². The van der Waals surface area contributed by atoms with Crippen LogP contribution in [0.2, 0.25) is 0 Å². The van der Waals surface area contributed by atoms with Gasteiger partial charge in [0, 0.05) is 22.0 Å². The highest BCUT2D eigenvalue weighted by Gasteiger charge is 2.23. The van der Waals surface area contributed by atoms with Crippen LogP contribution in [0.3, 0.4) is 0 Å². The number of nitrogens with zero attached hydrogens (tertiary/aromatic N) is 1. The van der Waals surface area contributed by atoms with Gasteiger partial charge in [0.15, 0.2) is 0 Å². The van der Waals surface area contributed by atoms with Crippen LogP contribution in [-0.4, -0.2) is 0 Å². The van der Waals surface area contributed by atoms with E-state index in [4.69, 9.17) is 4.42 Å². The average molecular weight is 664 g/mol. The summed E-state index contributed by atoms with van der Waals surface area (Å²) in [6, 6.07) is 71.6. The van der Waals surface area contributed by atoms with Gasteiger partial charge in [-0.3, -0.25) is 0 Å². The van der Waals surface area contributed by atoms with E-state index in [1.165, 1.54) is 43.8 Å². The van der Waals surface area contributed by atoms with Crippen LogP contribution in [0.4, 0.5) is 17.1 Å². The van der Waals surface area contributed by atoms with E-state index in [0.29, 0.717) is 0 Å². The van der Waals surface area contributed by atoms with E-state index in [1.807, 2.05) is 0 Å². The number of hydrogen-bond acceptors (Lipinski definition) is 2. The van der Waals surface area contributed by atoms with Crippen molar-refractivity contribution < 1.29 is 4.42 Å². The molecule has 0 aliphatic rings. The maximum Gasteiger partial charge on any atom is 0.145 e. The summed E-state index contributed by atoms with van der Waals surface area (Å²) in [7, 11) is 0. The summed E-state index contributed by atoms with van der Waals surface area (Å²) in [6.07, 6.45) is 0. The molecular formula is C50H33NO. The molecule has 244 valence electrons. The lowest BCUT2D eigenvalue weighted by molar-refractivity contribution is 0.670. The summed E-state index contributed by atoms with van der Waals surface area (Å²) in [5.41, 5.74) is 12.0. The lowest BCUT2D eigenvalue weighted by Gasteiger charge is -2.28. The molecule has 1 aromatic heterocycles. The largest absolute Gasteiger partial charge is 0.455 e. The van der Waals surface area contributed by atoms with Crippen LogP contribution in [-0.2, 0) is 0 Å². The molecule has 0 radical (unpaired) electrons. The van der Waals surface area contributed by atoms with Crippen molar-refractivity contribution in [2.75, 3.05) is 4.90 Å². The molecule has 2 heteroatoms. The molecule has 9 aromatic carbocycles. The zero-order valence-electron chi connectivity index (χ0n) is 28.4. The summed E-state index contributed by atoms with van der Waals surface area (Å²) in [5.74, 6) is 0.